The molecule has 0 saturated carbocycles. The summed E-state index contributed by atoms with van der Waals surface area (Å²) in [6, 6.07) is 10.5. The summed E-state index contributed by atoms with van der Waals surface area (Å²) in [5.41, 5.74) is 4.41. The number of nitrogens with one attached hydrogen (secondary N) is 1. The van der Waals surface area contributed by atoms with Gasteiger partial charge in [0.1, 0.15) is 5.75 Å². The van der Waals surface area contributed by atoms with Gasteiger partial charge in [-0.05, 0) is 35.9 Å². The third-order valence-electron chi connectivity index (χ3n) is 3.59. The van der Waals surface area contributed by atoms with Crippen LogP contribution in [0.3, 0.4) is 0 Å². The Kier molecular flexibility index (Phi) is 4.18. The number of fused-ring (bicyclic) bond motifs is 1. The summed E-state index contributed by atoms with van der Waals surface area (Å²) in [6.45, 7) is 0.503. The van der Waals surface area contributed by atoms with Crippen molar-refractivity contribution in [1.82, 2.24) is 15.0 Å². The lowest BCUT2D eigenvalue weighted by atomic mass is 10.1. The van der Waals surface area contributed by atoms with Gasteiger partial charge in [-0.3, -0.25) is 10.0 Å². The van der Waals surface area contributed by atoms with Gasteiger partial charge in [-0.2, -0.15) is 0 Å². The highest BCUT2D eigenvalue weighted by molar-refractivity contribution is 6.31. The molecule has 3 rings (SSSR count). The fourth-order valence-corrected chi connectivity index (χ4v) is 2.59. The van der Waals surface area contributed by atoms with Crippen LogP contribution in [0.2, 0.25) is 5.02 Å². The average molecular weight is 332 g/mol. The number of ether oxygens (including phenoxy) is 1. The number of amides is 1. The lowest BCUT2D eigenvalue weighted by molar-refractivity contribution is 0.0706. The first-order valence-electron chi connectivity index (χ1n) is 6.84. The predicted octanol–water partition coefficient (Wildman–Crippen LogP) is 2.87. The monoisotopic (exact) mass is 331 g/mol. The Morgan fingerprint density at radius 3 is 2.87 bits per heavy atom. The zero-order valence-electron chi connectivity index (χ0n) is 12.3. The summed E-state index contributed by atoms with van der Waals surface area (Å²) in [4.78, 5) is 15.9. The number of methoxy groups -OCH3 is 1. The Morgan fingerprint density at radius 2 is 2.17 bits per heavy atom. The van der Waals surface area contributed by atoms with E-state index in [9.17, 15) is 4.79 Å². The number of hydrogen-bond acceptors (Lipinski definition) is 4. The van der Waals surface area contributed by atoms with Crippen LogP contribution in [0.4, 0.5) is 0 Å². The Morgan fingerprint density at radius 1 is 1.35 bits per heavy atom. The maximum Gasteiger partial charge on any atom is 0.274 e. The molecule has 23 heavy (non-hydrogen) atoms. The summed E-state index contributed by atoms with van der Waals surface area (Å²) in [5, 5.41) is 9.34. The highest BCUT2D eigenvalue weighted by atomic mass is 35.5. The average Bonchev–Trinajstić information content (AvgIpc) is 2.98. The number of nitrogens with zero attached hydrogens (tertiary/aromatic N) is 2. The SMILES string of the molecule is COc1ccc(Cn2cnc3ccc(C(=O)NO)cc32)c(Cl)c1. The topological polar surface area (TPSA) is 76.4 Å². The molecule has 1 aromatic heterocycles. The molecule has 6 nitrogen and oxygen atoms in total. The van der Waals surface area contributed by atoms with Gasteiger partial charge in [0.2, 0.25) is 0 Å². The number of halogens is 1. The van der Waals surface area contributed by atoms with Gasteiger partial charge in [-0.1, -0.05) is 17.7 Å². The van der Waals surface area contributed by atoms with E-state index in [1.807, 2.05) is 16.7 Å². The summed E-state index contributed by atoms with van der Waals surface area (Å²) in [6.07, 6.45) is 1.69. The predicted molar refractivity (Wildman–Crippen MR) is 86.1 cm³/mol. The van der Waals surface area contributed by atoms with Crippen molar-refractivity contribution in [3.05, 3.63) is 58.9 Å². The number of aromatic nitrogens is 2. The molecule has 0 atom stereocenters. The molecule has 1 heterocycles. The van der Waals surface area contributed by atoms with Crippen LogP contribution in [0.5, 0.6) is 5.75 Å². The number of hydrogen-bond donors (Lipinski definition) is 2. The molecule has 0 aliphatic rings. The van der Waals surface area contributed by atoms with E-state index in [0.717, 1.165) is 16.6 Å². The fourth-order valence-electron chi connectivity index (χ4n) is 2.36. The smallest absolute Gasteiger partial charge is 0.274 e. The Hall–Kier alpha value is -2.57. The van der Waals surface area contributed by atoms with Gasteiger partial charge < -0.3 is 9.30 Å². The van der Waals surface area contributed by atoms with Crippen molar-refractivity contribution >= 4 is 28.5 Å². The van der Waals surface area contributed by atoms with E-state index in [4.69, 9.17) is 21.5 Å². The van der Waals surface area contributed by atoms with E-state index in [-0.39, 0.29) is 0 Å². The molecule has 0 spiro atoms. The maximum absolute atomic E-state index is 11.5. The van der Waals surface area contributed by atoms with E-state index < -0.39 is 5.91 Å². The van der Waals surface area contributed by atoms with E-state index in [1.165, 1.54) is 0 Å². The van der Waals surface area contributed by atoms with Crippen molar-refractivity contribution < 1.29 is 14.7 Å². The number of imidazole rings is 1. The Balaban J connectivity index is 1.98. The van der Waals surface area contributed by atoms with Crippen LogP contribution < -0.4 is 10.2 Å². The van der Waals surface area contributed by atoms with Crippen molar-refractivity contribution in [2.24, 2.45) is 0 Å². The van der Waals surface area contributed by atoms with Crippen molar-refractivity contribution in [1.29, 1.82) is 0 Å². The van der Waals surface area contributed by atoms with E-state index in [1.54, 1.807) is 43.2 Å². The van der Waals surface area contributed by atoms with E-state index in [0.29, 0.717) is 22.9 Å². The number of benzene rings is 2. The molecule has 0 fully saturated rings. The highest BCUT2D eigenvalue weighted by Crippen LogP contribution is 2.24. The highest BCUT2D eigenvalue weighted by Gasteiger charge is 2.10. The minimum atomic E-state index is -0.567. The molecule has 118 valence electrons. The van der Waals surface area contributed by atoms with Crippen LogP contribution in [0.25, 0.3) is 11.0 Å². The zero-order valence-corrected chi connectivity index (χ0v) is 13.0. The first kappa shape index (κ1) is 15.3. The zero-order chi connectivity index (χ0) is 16.4. The molecule has 0 radical (unpaired) electrons. The van der Waals surface area contributed by atoms with Crippen LogP contribution >= 0.6 is 11.6 Å². The van der Waals surface area contributed by atoms with E-state index >= 15 is 0 Å². The molecular weight excluding hydrogens is 318 g/mol. The third kappa shape index (κ3) is 2.99. The fraction of sp³-hybridized carbons (Fsp3) is 0.125. The van der Waals surface area contributed by atoms with Crippen LogP contribution in [0.1, 0.15) is 15.9 Å². The Bertz CT molecular complexity index is 876. The van der Waals surface area contributed by atoms with Crippen LogP contribution in [0, 0.1) is 0 Å². The van der Waals surface area contributed by atoms with Crippen LogP contribution in [-0.2, 0) is 6.54 Å². The molecule has 2 N–H and O–H groups in total. The van der Waals surface area contributed by atoms with Gasteiger partial charge in [0.15, 0.2) is 0 Å². The number of hydroxylamine groups is 1. The van der Waals surface area contributed by atoms with Crippen molar-refractivity contribution in [2.45, 2.75) is 6.54 Å². The molecule has 0 bridgehead atoms. The number of carbonyl (C=O) groups is 1. The van der Waals surface area contributed by atoms with Gasteiger partial charge in [0.05, 0.1) is 31.0 Å². The van der Waals surface area contributed by atoms with Crippen molar-refractivity contribution in [3.63, 3.8) is 0 Å². The first-order chi connectivity index (χ1) is 11.1. The molecule has 0 saturated heterocycles. The van der Waals surface area contributed by atoms with Gasteiger partial charge in [-0.15, -0.1) is 0 Å². The summed E-state index contributed by atoms with van der Waals surface area (Å²) in [7, 11) is 1.59. The molecule has 7 heteroatoms. The Labute approximate surface area is 137 Å². The number of rotatable bonds is 4. The first-order valence-corrected chi connectivity index (χ1v) is 7.22. The minimum absolute atomic E-state index is 0.350. The summed E-state index contributed by atoms with van der Waals surface area (Å²) >= 11 is 6.27. The number of carbonyl (C=O) groups excluding carboxylic acids is 1. The lowest BCUT2D eigenvalue weighted by Crippen LogP contribution is -2.18. The second-order valence-corrected chi connectivity index (χ2v) is 5.38. The van der Waals surface area contributed by atoms with Gasteiger partial charge in [0, 0.05) is 10.6 Å². The second-order valence-electron chi connectivity index (χ2n) is 4.97. The van der Waals surface area contributed by atoms with Crippen LogP contribution in [0.15, 0.2) is 42.7 Å². The quantitative estimate of drug-likeness (QED) is 0.569. The van der Waals surface area contributed by atoms with E-state index in [2.05, 4.69) is 4.98 Å². The van der Waals surface area contributed by atoms with Gasteiger partial charge in [0.25, 0.3) is 5.91 Å². The maximum atomic E-state index is 11.5. The molecular formula is C16H14ClN3O3. The van der Waals surface area contributed by atoms with Gasteiger partial charge >= 0.3 is 0 Å². The van der Waals surface area contributed by atoms with Crippen LogP contribution in [-0.4, -0.2) is 27.8 Å². The molecule has 0 aliphatic carbocycles. The van der Waals surface area contributed by atoms with Crippen molar-refractivity contribution in [2.75, 3.05) is 7.11 Å². The molecule has 1 amide bonds. The third-order valence-corrected chi connectivity index (χ3v) is 3.94. The minimum Gasteiger partial charge on any atom is -0.497 e. The lowest BCUT2D eigenvalue weighted by Gasteiger charge is -2.09. The molecule has 3 aromatic rings. The second kappa shape index (κ2) is 6.28. The summed E-state index contributed by atoms with van der Waals surface area (Å²) in [5.74, 6) is 0.123. The van der Waals surface area contributed by atoms with Gasteiger partial charge in [-0.25, -0.2) is 10.5 Å². The van der Waals surface area contributed by atoms with Crippen molar-refractivity contribution in [3.8, 4) is 5.75 Å². The summed E-state index contributed by atoms with van der Waals surface area (Å²) < 4.78 is 7.02. The molecule has 0 unspecified atom stereocenters. The molecule has 2 aromatic carbocycles. The normalized spacial score (nSPS) is 10.7. The largest absolute Gasteiger partial charge is 0.497 e. The molecule has 0 aliphatic heterocycles. The standard InChI is InChI=1S/C16H14ClN3O3/c1-23-12-4-2-11(13(17)7-12)8-20-9-18-14-5-3-10(6-15(14)20)16(21)19-22/h2-7,9,22H,8H2,1H3,(H,19,21).